The number of hydrogen-bond acceptors (Lipinski definition) is 9. The molecule has 276 valence electrons. The van der Waals surface area contributed by atoms with Crippen LogP contribution in [0, 0.1) is 12.8 Å². The van der Waals surface area contributed by atoms with Crippen LogP contribution in [0.5, 0.6) is 5.75 Å². The third-order valence-corrected chi connectivity index (χ3v) is 12.0. The Morgan fingerprint density at radius 1 is 1.15 bits per heavy atom. The van der Waals surface area contributed by atoms with E-state index in [1.807, 2.05) is 0 Å². The first-order valence-corrected chi connectivity index (χ1v) is 18.6. The van der Waals surface area contributed by atoms with Gasteiger partial charge in [0.1, 0.15) is 17.8 Å². The summed E-state index contributed by atoms with van der Waals surface area (Å²) in [7, 11) is -10.0. The molecular formula is C32H30ClF5N8O5S. The number of likely N-dealkylation sites (tertiary alicyclic amines) is 1. The molecule has 0 radical (unpaired) electrons. The third kappa shape index (κ3) is 5.60. The van der Waals surface area contributed by atoms with Gasteiger partial charge in [0, 0.05) is 35.7 Å². The number of nitrogens with one attached hydrogen (secondary N) is 1. The Morgan fingerprint density at radius 3 is 2.58 bits per heavy atom. The van der Waals surface area contributed by atoms with Crippen molar-refractivity contribution >= 4 is 50.7 Å². The number of aryl methyl sites for hydroxylation is 1. The minimum Gasteiger partial charge on any atom is -0.504 e. The predicted octanol–water partition coefficient (Wildman–Crippen LogP) is 5.74. The number of ether oxygens (including phenoxy) is 1. The monoisotopic (exact) mass is 768 g/mol. The van der Waals surface area contributed by atoms with Gasteiger partial charge >= 0.3 is 10.2 Å². The van der Waals surface area contributed by atoms with Crippen LogP contribution < -0.4 is 10.9 Å². The van der Waals surface area contributed by atoms with Gasteiger partial charge in [-0.25, -0.2) is 9.97 Å². The lowest BCUT2D eigenvalue weighted by Gasteiger charge is -2.41. The molecule has 4 aliphatic rings. The van der Waals surface area contributed by atoms with Crippen molar-refractivity contribution < 1.29 is 38.9 Å². The van der Waals surface area contributed by atoms with Gasteiger partial charge in [-0.1, -0.05) is 37.1 Å². The van der Waals surface area contributed by atoms with Crippen LogP contribution >= 0.6 is 21.8 Å². The van der Waals surface area contributed by atoms with E-state index in [9.17, 15) is 38.9 Å². The first kappa shape index (κ1) is 34.5. The summed E-state index contributed by atoms with van der Waals surface area (Å²) in [6, 6.07) is 0.895. The van der Waals surface area contributed by atoms with Crippen molar-refractivity contribution in [3.05, 3.63) is 74.4 Å². The van der Waals surface area contributed by atoms with Crippen LogP contribution in [0.15, 0.2) is 40.3 Å². The van der Waals surface area contributed by atoms with Crippen molar-refractivity contribution in [3.8, 4) is 5.75 Å². The molecule has 2 N–H and O–H groups in total. The first-order valence-electron chi connectivity index (χ1n) is 16.3. The Morgan fingerprint density at radius 2 is 1.90 bits per heavy atom. The number of rotatable bonds is 6. The van der Waals surface area contributed by atoms with Crippen LogP contribution in [0.2, 0.25) is 5.02 Å². The Balaban J connectivity index is 1.16. The molecule has 2 aliphatic carbocycles. The Kier molecular flexibility index (Phi) is 7.26. The fraction of sp³-hybridized carbons (Fsp3) is 0.406. The van der Waals surface area contributed by atoms with Crippen molar-refractivity contribution in [1.29, 1.82) is 0 Å². The van der Waals surface area contributed by atoms with Crippen LogP contribution in [0.3, 0.4) is 0 Å². The van der Waals surface area contributed by atoms with E-state index in [2.05, 4.69) is 25.4 Å². The summed E-state index contributed by atoms with van der Waals surface area (Å²) in [5.74, 6) is -1.28. The number of benzene rings is 1. The number of piperidine rings is 1. The summed E-state index contributed by atoms with van der Waals surface area (Å²) < 4.78 is 75.0. The zero-order valence-corrected chi connectivity index (χ0v) is 28.9. The predicted molar refractivity (Wildman–Crippen MR) is 178 cm³/mol. The maximum Gasteiger partial charge on any atom is 0.310 e. The minimum absolute atomic E-state index is 0.0233. The number of aromatic nitrogens is 6. The number of nitrogens with zero attached hydrogens (tertiary/aromatic N) is 7. The molecule has 8 rings (SSSR count). The number of aromatic hydroxyl groups is 1. The van der Waals surface area contributed by atoms with Gasteiger partial charge in [0.15, 0.2) is 17.3 Å². The highest BCUT2D eigenvalue weighted by atomic mass is 35.5. The number of fused-ring (bicyclic) bond motifs is 6. The zero-order valence-electron chi connectivity index (χ0n) is 27.3. The van der Waals surface area contributed by atoms with Crippen LogP contribution in [0.1, 0.15) is 64.9 Å². The molecule has 0 unspecified atom stereocenters. The van der Waals surface area contributed by atoms with Crippen molar-refractivity contribution in [1.82, 2.24) is 34.0 Å². The second-order valence-electron chi connectivity index (χ2n) is 13.6. The summed E-state index contributed by atoms with van der Waals surface area (Å²) in [5, 5.41) is 16.7. The molecule has 5 heterocycles. The normalized spacial score (nSPS) is 22.0. The van der Waals surface area contributed by atoms with Gasteiger partial charge in [-0.3, -0.25) is 14.4 Å². The summed E-state index contributed by atoms with van der Waals surface area (Å²) in [4.78, 5) is 53.3. The number of carbonyl (C=O) groups excluding carboxylic acids is 2. The average molecular weight is 769 g/mol. The number of amides is 2. The van der Waals surface area contributed by atoms with E-state index in [1.165, 1.54) is 6.33 Å². The molecule has 1 saturated carbocycles. The van der Waals surface area contributed by atoms with E-state index in [0.29, 0.717) is 56.2 Å². The van der Waals surface area contributed by atoms with E-state index in [0.717, 1.165) is 10.1 Å². The summed E-state index contributed by atoms with van der Waals surface area (Å²) in [6.07, 6.45) is 5.00. The number of hydrogen-bond donors (Lipinski definition) is 2. The molecule has 2 amide bonds. The van der Waals surface area contributed by atoms with Crippen molar-refractivity contribution in [3.63, 3.8) is 0 Å². The highest BCUT2D eigenvalue weighted by molar-refractivity contribution is 8.45. The van der Waals surface area contributed by atoms with Crippen LogP contribution in [-0.4, -0.2) is 77.3 Å². The number of anilines is 1. The van der Waals surface area contributed by atoms with E-state index in [4.69, 9.17) is 16.3 Å². The third-order valence-electron chi connectivity index (χ3n) is 10.5. The summed E-state index contributed by atoms with van der Waals surface area (Å²) in [5.41, 5.74) is 0.547. The quantitative estimate of drug-likeness (QED) is 0.234. The maximum atomic E-state index is 14.4. The van der Waals surface area contributed by atoms with E-state index < -0.39 is 49.5 Å². The van der Waals surface area contributed by atoms with Gasteiger partial charge in [-0.15, -0.1) is 5.10 Å². The van der Waals surface area contributed by atoms with Gasteiger partial charge in [0.05, 0.1) is 29.6 Å². The standard InChI is InChI=1S/C32H30ClF5N8O5S/c1-16-27(48)25(40-15-39-16)30(50)44-8-6-32(7-9-44)20-13-19(20)26-24(32)29(49)46-31(42-28(43-46)17-4-10-51-11-5-17)45(26)14-23(47)41-22-3-2-18(12-21(22)33)52(34,35,36,37)38/h2-4,12,15,19-20,48H,5-11,13-14H2,1H3,(H,41,47)/t19-,20+/m0/s1. The van der Waals surface area contributed by atoms with Gasteiger partial charge in [0.2, 0.25) is 11.7 Å². The van der Waals surface area contributed by atoms with E-state index in [-0.39, 0.29) is 71.5 Å². The second kappa shape index (κ2) is 11.0. The Hall–Kier alpha value is -4.62. The summed E-state index contributed by atoms with van der Waals surface area (Å²) >= 11 is 5.95. The average Bonchev–Trinajstić information content (AvgIpc) is 3.68. The lowest BCUT2D eigenvalue weighted by atomic mass is 9.71. The number of carbonyl (C=O) groups is 2. The summed E-state index contributed by atoms with van der Waals surface area (Å²) in [6.45, 7) is 2.35. The molecule has 3 aromatic heterocycles. The van der Waals surface area contributed by atoms with Crippen LogP contribution in [-0.2, 0) is 21.5 Å². The molecule has 52 heavy (non-hydrogen) atoms. The maximum absolute atomic E-state index is 14.4. The topological polar surface area (TPSA) is 157 Å². The van der Waals surface area contributed by atoms with Gasteiger partial charge in [-0.05, 0) is 62.3 Å². The van der Waals surface area contributed by atoms with Gasteiger partial charge < -0.3 is 24.6 Å². The molecule has 1 spiro atoms. The van der Waals surface area contributed by atoms with Gasteiger partial charge in [0.25, 0.3) is 11.5 Å². The van der Waals surface area contributed by atoms with Crippen LogP contribution in [0.4, 0.5) is 25.1 Å². The van der Waals surface area contributed by atoms with Crippen LogP contribution in [0.25, 0.3) is 11.4 Å². The van der Waals surface area contributed by atoms with Gasteiger partial charge in [-0.2, -0.15) is 9.50 Å². The zero-order chi connectivity index (χ0) is 37.0. The first-order chi connectivity index (χ1) is 24.4. The lowest BCUT2D eigenvalue weighted by Crippen LogP contribution is -2.48. The second-order valence-corrected chi connectivity index (χ2v) is 16.4. The highest BCUT2D eigenvalue weighted by Gasteiger charge is 2.66. The largest absolute Gasteiger partial charge is 0.504 e. The molecule has 1 aromatic carbocycles. The smallest absolute Gasteiger partial charge is 0.310 e. The van der Waals surface area contributed by atoms with Crippen molar-refractivity contribution in [2.45, 2.75) is 55.4 Å². The molecule has 2 aliphatic heterocycles. The molecule has 0 bridgehead atoms. The molecule has 2 atom stereocenters. The molecule has 2 fully saturated rings. The molecule has 1 saturated heterocycles. The van der Waals surface area contributed by atoms with E-state index >= 15 is 0 Å². The molecule has 20 heteroatoms. The number of halogens is 6. The van der Waals surface area contributed by atoms with E-state index in [1.54, 1.807) is 22.5 Å². The van der Waals surface area contributed by atoms with Crippen molar-refractivity contribution in [2.24, 2.45) is 5.92 Å². The van der Waals surface area contributed by atoms with Crippen molar-refractivity contribution in [2.75, 3.05) is 31.6 Å². The molecular weight excluding hydrogens is 739 g/mol. The fourth-order valence-corrected chi connectivity index (χ4v) is 8.87. The molecule has 4 aromatic rings. The SMILES string of the molecule is Cc1ncnc(C(=O)N2CCC3(CC2)c2c(n(CC(=O)Nc4ccc(S(F)(F)(F)(F)F)cc4Cl)c4nc(C5=CCOCC5)nn4c2=O)[C@H]2C[C@H]23)c1O. The lowest BCUT2D eigenvalue weighted by molar-refractivity contribution is -0.116. The fourth-order valence-electron chi connectivity index (χ4n) is 7.92. The Labute approximate surface area is 296 Å². The minimum atomic E-state index is -10.0. The molecule has 13 nitrogen and oxygen atoms in total. The Bertz CT molecular complexity index is 2330. The highest BCUT2D eigenvalue weighted by Crippen LogP contribution is 3.02.